The lowest BCUT2D eigenvalue weighted by Gasteiger charge is -2.19. The van der Waals surface area contributed by atoms with Crippen LogP contribution in [0, 0.1) is 13.8 Å². The van der Waals surface area contributed by atoms with Gasteiger partial charge in [-0.05, 0) is 55.8 Å². The molecule has 2 heterocycles. The Kier molecular flexibility index (Phi) is 5.33. The van der Waals surface area contributed by atoms with Gasteiger partial charge < -0.3 is 14.1 Å². The van der Waals surface area contributed by atoms with E-state index in [0.717, 1.165) is 22.3 Å². The number of fused-ring (bicyclic) bond motifs is 1. The van der Waals surface area contributed by atoms with Crippen molar-refractivity contribution in [3.05, 3.63) is 45.4 Å². The van der Waals surface area contributed by atoms with E-state index in [4.69, 9.17) is 9.15 Å². The quantitative estimate of drug-likeness (QED) is 0.589. The first-order chi connectivity index (χ1) is 12.7. The number of aromatic nitrogens is 2. The molecule has 0 aliphatic carbocycles. The van der Waals surface area contributed by atoms with Crippen LogP contribution in [-0.4, -0.2) is 33.7 Å². The van der Waals surface area contributed by atoms with Gasteiger partial charge in [0.25, 0.3) is 5.91 Å². The minimum absolute atomic E-state index is 0.00866. The van der Waals surface area contributed by atoms with Crippen LogP contribution in [-0.2, 0) is 13.6 Å². The number of amides is 1. The molecule has 0 radical (unpaired) electrons. The van der Waals surface area contributed by atoms with Gasteiger partial charge >= 0.3 is 0 Å². The molecule has 6 nitrogen and oxygen atoms in total. The molecule has 0 saturated heterocycles. The summed E-state index contributed by atoms with van der Waals surface area (Å²) in [6, 6.07) is 5.40. The summed E-state index contributed by atoms with van der Waals surface area (Å²) in [5.74, 6) is 0.545. The standard InChI is InChI=1S/C20H24BrN3O3/c1-11(2)26-17-7-14(8-18-15(17)9-19(21)27-18)20(25)23(5)10-16-12(3)22-24(6)13(16)4/h7-9,11H,10H2,1-6H3. The Morgan fingerprint density at radius 3 is 2.63 bits per heavy atom. The number of carbonyl (C=O) groups excluding carboxylic acids is 1. The van der Waals surface area contributed by atoms with Gasteiger partial charge in [-0.25, -0.2) is 0 Å². The number of nitrogens with zero attached hydrogens (tertiary/aromatic N) is 3. The van der Waals surface area contributed by atoms with E-state index < -0.39 is 0 Å². The fourth-order valence-electron chi connectivity index (χ4n) is 3.13. The minimum Gasteiger partial charge on any atom is -0.490 e. The Labute approximate surface area is 167 Å². The van der Waals surface area contributed by atoms with Crippen LogP contribution >= 0.6 is 15.9 Å². The smallest absolute Gasteiger partial charge is 0.254 e. The maximum atomic E-state index is 13.1. The van der Waals surface area contributed by atoms with Crippen LogP contribution in [0.5, 0.6) is 5.75 Å². The Balaban J connectivity index is 1.94. The van der Waals surface area contributed by atoms with Crippen LogP contribution < -0.4 is 4.74 Å². The number of benzene rings is 1. The van der Waals surface area contributed by atoms with E-state index in [1.165, 1.54) is 0 Å². The summed E-state index contributed by atoms with van der Waals surface area (Å²) in [4.78, 5) is 14.7. The maximum absolute atomic E-state index is 13.1. The Morgan fingerprint density at radius 1 is 1.33 bits per heavy atom. The molecular formula is C20H24BrN3O3. The van der Waals surface area contributed by atoms with Gasteiger partial charge in [0, 0.05) is 43.5 Å². The van der Waals surface area contributed by atoms with E-state index in [-0.39, 0.29) is 12.0 Å². The number of carbonyl (C=O) groups is 1. The molecular weight excluding hydrogens is 410 g/mol. The van der Waals surface area contributed by atoms with Gasteiger partial charge in [0.1, 0.15) is 11.3 Å². The molecule has 7 heteroatoms. The fourth-order valence-corrected chi connectivity index (χ4v) is 3.53. The van der Waals surface area contributed by atoms with Crippen molar-refractivity contribution in [3.63, 3.8) is 0 Å². The summed E-state index contributed by atoms with van der Waals surface area (Å²) in [6.45, 7) is 8.37. The van der Waals surface area contributed by atoms with Crippen molar-refractivity contribution in [2.24, 2.45) is 7.05 Å². The summed E-state index contributed by atoms with van der Waals surface area (Å²) in [6.07, 6.45) is -0.00866. The average Bonchev–Trinajstić information content (AvgIpc) is 3.07. The first kappa shape index (κ1) is 19.5. The van der Waals surface area contributed by atoms with Crippen molar-refractivity contribution in [2.75, 3.05) is 7.05 Å². The monoisotopic (exact) mass is 433 g/mol. The lowest BCUT2D eigenvalue weighted by molar-refractivity contribution is 0.0784. The molecule has 0 aliphatic rings. The van der Waals surface area contributed by atoms with Crippen LogP contribution in [0.25, 0.3) is 11.0 Å². The SMILES string of the molecule is Cc1nn(C)c(C)c1CN(C)C(=O)c1cc(OC(C)C)c2cc(Br)oc2c1. The zero-order chi connectivity index (χ0) is 19.9. The van der Waals surface area contributed by atoms with Crippen LogP contribution in [0.3, 0.4) is 0 Å². The van der Waals surface area contributed by atoms with Gasteiger partial charge in [-0.15, -0.1) is 0 Å². The largest absolute Gasteiger partial charge is 0.490 e. The molecule has 0 bridgehead atoms. The molecule has 3 aromatic rings. The van der Waals surface area contributed by atoms with Gasteiger partial charge in [0.15, 0.2) is 4.67 Å². The first-order valence-corrected chi connectivity index (χ1v) is 9.61. The van der Waals surface area contributed by atoms with E-state index in [1.54, 1.807) is 24.1 Å². The van der Waals surface area contributed by atoms with Gasteiger partial charge in [-0.2, -0.15) is 5.10 Å². The van der Waals surface area contributed by atoms with Crippen LogP contribution in [0.4, 0.5) is 0 Å². The fraction of sp³-hybridized carbons (Fsp3) is 0.400. The number of ether oxygens (including phenoxy) is 1. The van der Waals surface area contributed by atoms with Gasteiger partial charge in [-0.1, -0.05) is 0 Å². The molecule has 3 rings (SSSR count). The number of halogens is 1. The van der Waals surface area contributed by atoms with E-state index in [1.807, 2.05) is 45.5 Å². The lowest BCUT2D eigenvalue weighted by atomic mass is 10.1. The highest BCUT2D eigenvalue weighted by molar-refractivity contribution is 9.10. The second-order valence-corrected chi connectivity index (χ2v) is 7.82. The summed E-state index contributed by atoms with van der Waals surface area (Å²) in [5, 5.41) is 5.27. The molecule has 0 N–H and O–H groups in total. The van der Waals surface area contributed by atoms with Gasteiger partial charge in [0.2, 0.25) is 0 Å². The summed E-state index contributed by atoms with van der Waals surface area (Å²) >= 11 is 3.35. The van der Waals surface area contributed by atoms with E-state index in [9.17, 15) is 4.79 Å². The molecule has 0 spiro atoms. The highest BCUT2D eigenvalue weighted by Gasteiger charge is 2.20. The Bertz CT molecular complexity index is 1000. The molecule has 0 saturated carbocycles. The third-order valence-corrected chi connectivity index (χ3v) is 4.97. The van der Waals surface area contributed by atoms with Crippen LogP contribution in [0.2, 0.25) is 0 Å². The van der Waals surface area contributed by atoms with Crippen LogP contribution in [0.1, 0.15) is 41.2 Å². The van der Waals surface area contributed by atoms with E-state index in [0.29, 0.717) is 28.1 Å². The number of hydrogen-bond acceptors (Lipinski definition) is 4. The predicted molar refractivity (Wildman–Crippen MR) is 108 cm³/mol. The molecule has 0 aliphatic heterocycles. The maximum Gasteiger partial charge on any atom is 0.254 e. The van der Waals surface area contributed by atoms with Gasteiger partial charge in [-0.3, -0.25) is 9.48 Å². The zero-order valence-corrected chi connectivity index (χ0v) is 18.0. The van der Waals surface area contributed by atoms with Crippen molar-refractivity contribution in [1.82, 2.24) is 14.7 Å². The Morgan fingerprint density at radius 2 is 2.04 bits per heavy atom. The second kappa shape index (κ2) is 7.38. The Hall–Kier alpha value is -2.28. The predicted octanol–water partition coefficient (Wildman–Crippen LogP) is 4.61. The molecule has 0 fully saturated rings. The average molecular weight is 434 g/mol. The minimum atomic E-state index is -0.0966. The third-order valence-electron chi connectivity index (χ3n) is 4.58. The molecule has 0 unspecified atom stereocenters. The summed E-state index contributed by atoms with van der Waals surface area (Å²) in [5.41, 5.74) is 4.20. The molecule has 1 amide bonds. The summed E-state index contributed by atoms with van der Waals surface area (Å²) in [7, 11) is 3.70. The molecule has 0 atom stereocenters. The van der Waals surface area contributed by atoms with Crippen molar-refractivity contribution in [2.45, 2.75) is 40.3 Å². The molecule has 27 heavy (non-hydrogen) atoms. The number of rotatable bonds is 5. The number of hydrogen-bond donors (Lipinski definition) is 0. The first-order valence-electron chi connectivity index (χ1n) is 8.81. The van der Waals surface area contributed by atoms with Crippen molar-refractivity contribution >= 4 is 32.8 Å². The van der Waals surface area contributed by atoms with Crippen molar-refractivity contribution in [1.29, 1.82) is 0 Å². The van der Waals surface area contributed by atoms with E-state index in [2.05, 4.69) is 21.0 Å². The molecule has 1 aromatic carbocycles. The number of furan rings is 1. The van der Waals surface area contributed by atoms with Crippen LogP contribution in [0.15, 0.2) is 27.3 Å². The lowest BCUT2D eigenvalue weighted by Crippen LogP contribution is -2.26. The molecule has 2 aromatic heterocycles. The van der Waals surface area contributed by atoms with E-state index >= 15 is 0 Å². The highest BCUT2D eigenvalue weighted by atomic mass is 79.9. The normalized spacial score (nSPS) is 11.4. The van der Waals surface area contributed by atoms with Crippen molar-refractivity contribution < 1.29 is 13.9 Å². The zero-order valence-electron chi connectivity index (χ0n) is 16.5. The topological polar surface area (TPSA) is 60.5 Å². The number of aryl methyl sites for hydroxylation is 2. The highest BCUT2D eigenvalue weighted by Crippen LogP contribution is 2.33. The third kappa shape index (κ3) is 3.88. The summed E-state index contributed by atoms with van der Waals surface area (Å²) < 4.78 is 14.0. The second-order valence-electron chi connectivity index (χ2n) is 7.04. The molecule has 144 valence electrons. The van der Waals surface area contributed by atoms with Crippen molar-refractivity contribution in [3.8, 4) is 5.75 Å². The van der Waals surface area contributed by atoms with Gasteiger partial charge in [0.05, 0.1) is 17.2 Å².